The molecule has 16 heavy (non-hydrogen) atoms. The lowest BCUT2D eigenvalue weighted by molar-refractivity contribution is 0.101. The van der Waals surface area contributed by atoms with E-state index in [2.05, 4.69) is 92.8 Å². The molecule has 0 radical (unpaired) electrons. The number of rotatable bonds is 1. The minimum atomic E-state index is -3.79. The molecule has 0 nitrogen and oxygen atoms in total. The molecule has 0 unspecified atom stereocenters. The third-order valence-corrected chi connectivity index (χ3v) is 3.36. The first-order valence-electron chi connectivity index (χ1n) is 2.77. The van der Waals surface area contributed by atoms with Crippen LogP contribution in [-0.2, 0) is 0 Å². The highest BCUT2D eigenvalue weighted by molar-refractivity contribution is 6.70. The first-order valence-corrected chi connectivity index (χ1v) is 5.79. The minimum absolute atomic E-state index is 2.71. The Balaban J connectivity index is 0. The molecular formula is C4Cl8F4. The third-order valence-electron chi connectivity index (χ3n) is 0.643. The predicted octanol–water partition coefficient (Wildman–Crippen LogP) is 6.38. The fraction of sp³-hybridized carbons (Fsp3) is 1.00. The molecule has 100 valence electrons. The van der Waals surface area contributed by atoms with E-state index in [1.54, 1.807) is 0 Å². The molecule has 0 aromatic heterocycles. The zero-order valence-electron chi connectivity index (χ0n) is 6.54. The van der Waals surface area contributed by atoms with Gasteiger partial charge in [0.25, 0.3) is 3.79 Å². The number of halogens is 12. The van der Waals surface area contributed by atoms with Crippen molar-refractivity contribution in [3.05, 3.63) is 0 Å². The Morgan fingerprint density at radius 1 is 0.500 bits per heavy atom. The average Bonchev–Trinajstić information content (AvgIpc) is 1.77. The normalized spacial score (nSPS) is 14.2. The van der Waals surface area contributed by atoms with Gasteiger partial charge < -0.3 is 0 Å². The van der Waals surface area contributed by atoms with E-state index in [1.165, 1.54) is 0 Å². The largest absolute Gasteiger partial charge is 0.368 e. The summed E-state index contributed by atoms with van der Waals surface area (Å²) in [6.07, 6.45) is 0. The maximum absolute atomic E-state index is 11.8. The monoisotopic (exact) mass is 404 g/mol. The van der Waals surface area contributed by atoms with Gasteiger partial charge in [0.2, 0.25) is 0 Å². The molecule has 0 N–H and O–H groups in total. The molecule has 12 heteroatoms. The van der Waals surface area contributed by atoms with Crippen molar-refractivity contribution < 1.29 is 17.6 Å². The third kappa shape index (κ3) is 9.03. The molecule has 0 saturated carbocycles. The van der Waals surface area contributed by atoms with E-state index in [-0.39, 0.29) is 0 Å². The van der Waals surface area contributed by atoms with E-state index in [9.17, 15) is 17.6 Å². The van der Waals surface area contributed by atoms with E-state index >= 15 is 0 Å². The Morgan fingerprint density at radius 2 is 0.625 bits per heavy atom. The molecule has 0 aromatic carbocycles. The summed E-state index contributed by atoms with van der Waals surface area (Å²) in [5.74, 6) is 0. The van der Waals surface area contributed by atoms with Gasteiger partial charge in [-0.15, -0.1) is 0 Å². The van der Waals surface area contributed by atoms with Crippen molar-refractivity contribution in [1.29, 1.82) is 0 Å². The van der Waals surface area contributed by atoms with E-state index < -0.39 is 18.3 Å². The van der Waals surface area contributed by atoms with Crippen LogP contribution in [0.2, 0.25) is 0 Å². The quantitative estimate of drug-likeness (QED) is 0.350. The van der Waals surface area contributed by atoms with Crippen LogP contribution in [0.25, 0.3) is 0 Å². The maximum atomic E-state index is 11.8. The molecule has 0 atom stereocenters. The van der Waals surface area contributed by atoms with Crippen molar-refractivity contribution in [1.82, 2.24) is 0 Å². The number of hydrogen-bond donors (Lipinski definition) is 0. The van der Waals surface area contributed by atoms with Crippen molar-refractivity contribution in [2.24, 2.45) is 0 Å². The highest BCUT2D eigenvalue weighted by Crippen LogP contribution is 2.45. The lowest BCUT2D eigenvalue weighted by Crippen LogP contribution is -2.26. The van der Waals surface area contributed by atoms with Crippen LogP contribution in [-0.4, -0.2) is 18.3 Å². The number of alkyl halides is 12. The molecule has 0 aliphatic carbocycles. The molecule has 0 saturated heterocycles. The first-order chi connectivity index (χ1) is 6.50. The van der Waals surface area contributed by atoms with Crippen LogP contribution in [0.3, 0.4) is 0 Å². The zero-order valence-corrected chi connectivity index (χ0v) is 12.6. The fourth-order valence-corrected chi connectivity index (χ4v) is 0. The minimum Gasteiger partial charge on any atom is -0.201 e. The van der Waals surface area contributed by atoms with Gasteiger partial charge in [-0.05, 0) is 11.6 Å². The summed E-state index contributed by atoms with van der Waals surface area (Å²) in [5, 5.41) is -3.79. The predicted molar refractivity (Wildman–Crippen MR) is 62.2 cm³/mol. The van der Waals surface area contributed by atoms with Crippen molar-refractivity contribution in [3.63, 3.8) is 0 Å². The first kappa shape index (κ1) is 20.4. The van der Waals surface area contributed by atoms with Gasteiger partial charge >= 0.3 is 14.6 Å². The second-order valence-electron chi connectivity index (χ2n) is 1.99. The summed E-state index contributed by atoms with van der Waals surface area (Å²) >= 11 is 36.1. The van der Waals surface area contributed by atoms with Crippen LogP contribution < -0.4 is 0 Å². The highest BCUT2D eigenvalue weighted by atomic mass is 35.6. The Morgan fingerprint density at radius 3 is 0.625 bits per heavy atom. The van der Waals surface area contributed by atoms with Gasteiger partial charge in [-0.1, -0.05) is 81.2 Å². The van der Waals surface area contributed by atoms with Gasteiger partial charge in [-0.3, -0.25) is 0 Å². The number of hydrogen-bond acceptors (Lipinski definition) is 0. The molecule has 0 spiro atoms. The smallest absolute Gasteiger partial charge is 0.201 e. The van der Waals surface area contributed by atoms with Crippen LogP contribution in [0, 0.1) is 0 Å². The highest BCUT2D eigenvalue weighted by Gasteiger charge is 2.49. The van der Waals surface area contributed by atoms with Crippen molar-refractivity contribution in [2.45, 2.75) is 18.3 Å². The lowest BCUT2D eigenvalue weighted by Gasteiger charge is -2.15. The molecule has 0 amide bonds. The second kappa shape index (κ2) is 6.47. The second-order valence-corrected chi connectivity index (χ2v) is 7.22. The van der Waals surface area contributed by atoms with E-state index in [0.717, 1.165) is 0 Å². The fourth-order valence-electron chi connectivity index (χ4n) is 0. The van der Waals surface area contributed by atoms with E-state index in [1.807, 2.05) is 0 Å². The Labute approximate surface area is 128 Å². The van der Waals surface area contributed by atoms with Gasteiger partial charge in [0, 0.05) is 0 Å². The standard InChI is InChI=1S/2C2Cl4F2/c3-1(4,7)2(5,6)8;3-1(4,5)2(6,7)8. The van der Waals surface area contributed by atoms with Gasteiger partial charge in [-0.2, -0.15) is 8.78 Å². The molecule has 0 heterocycles. The SMILES string of the molecule is FC(Cl)(Cl)C(F)(Cl)Cl.FC(F)(Cl)C(Cl)(Cl)Cl. The molecule has 0 fully saturated rings. The summed E-state index contributed by atoms with van der Waals surface area (Å²) in [6.45, 7) is 0. The van der Waals surface area contributed by atoms with Crippen LogP contribution in [0.5, 0.6) is 0 Å². The van der Waals surface area contributed by atoms with Crippen molar-refractivity contribution >= 4 is 92.8 Å². The molecule has 0 bridgehead atoms. The van der Waals surface area contributed by atoms with Gasteiger partial charge in [-0.25, -0.2) is 8.78 Å². The Hall–Kier alpha value is 2.04. The van der Waals surface area contributed by atoms with E-state index in [0.29, 0.717) is 0 Å². The van der Waals surface area contributed by atoms with Crippen molar-refractivity contribution in [2.75, 3.05) is 0 Å². The van der Waals surface area contributed by atoms with Gasteiger partial charge in [0.15, 0.2) is 0 Å². The molecule has 0 rings (SSSR count). The summed E-state index contributed by atoms with van der Waals surface area (Å²) in [6, 6.07) is 0. The maximum Gasteiger partial charge on any atom is 0.368 e. The van der Waals surface area contributed by atoms with Gasteiger partial charge in [0.1, 0.15) is 0 Å². The Bertz CT molecular complexity index is 158. The van der Waals surface area contributed by atoms with E-state index in [4.69, 9.17) is 0 Å². The van der Waals surface area contributed by atoms with Gasteiger partial charge in [0.05, 0.1) is 0 Å². The van der Waals surface area contributed by atoms with Crippen LogP contribution in [0.15, 0.2) is 0 Å². The van der Waals surface area contributed by atoms with Crippen LogP contribution in [0.1, 0.15) is 0 Å². The topological polar surface area (TPSA) is 0 Å². The summed E-state index contributed by atoms with van der Waals surface area (Å²) in [5.41, 5.74) is 0. The zero-order chi connectivity index (χ0) is 14.0. The van der Waals surface area contributed by atoms with Crippen LogP contribution in [0.4, 0.5) is 17.6 Å². The summed E-state index contributed by atoms with van der Waals surface area (Å²) in [4.78, 5) is 0. The lowest BCUT2D eigenvalue weighted by atomic mass is 10.8. The molecular weight excluding hydrogens is 408 g/mol. The Kier molecular flexibility index (Phi) is 8.23. The van der Waals surface area contributed by atoms with Crippen molar-refractivity contribution in [3.8, 4) is 0 Å². The summed E-state index contributed by atoms with van der Waals surface area (Å²) < 4.78 is 37.6. The molecule has 0 aromatic rings. The summed E-state index contributed by atoms with van der Waals surface area (Å²) in [7, 11) is 0. The molecule has 0 aliphatic heterocycles. The average molecular weight is 408 g/mol. The molecule has 0 aliphatic rings. The van der Waals surface area contributed by atoms with Crippen LogP contribution >= 0.6 is 92.8 Å².